The van der Waals surface area contributed by atoms with E-state index in [1.54, 1.807) is 25.0 Å². The molecule has 2 heterocycles. The maximum absolute atomic E-state index is 13.2. The molecule has 25 heavy (non-hydrogen) atoms. The maximum atomic E-state index is 13.2. The molecule has 0 spiro atoms. The second-order valence-corrected chi connectivity index (χ2v) is 7.36. The van der Waals surface area contributed by atoms with Crippen molar-refractivity contribution in [3.05, 3.63) is 18.0 Å². The quantitative estimate of drug-likeness (QED) is 0.829. The Morgan fingerprint density at radius 2 is 2.16 bits per heavy atom. The second-order valence-electron chi connectivity index (χ2n) is 7.36. The highest BCUT2D eigenvalue weighted by molar-refractivity contribution is 5.86. The highest BCUT2D eigenvalue weighted by atomic mass is 16.5. The number of hydrogen-bond donors (Lipinski definition) is 1. The Balaban J connectivity index is 1.79. The minimum Gasteiger partial charge on any atom is -0.385 e. The topological polar surface area (TPSA) is 76.5 Å². The number of ether oxygens (including phenoxy) is 1. The van der Waals surface area contributed by atoms with E-state index in [4.69, 9.17) is 4.74 Å². The van der Waals surface area contributed by atoms with Crippen molar-refractivity contribution in [1.82, 2.24) is 20.0 Å². The van der Waals surface area contributed by atoms with Crippen molar-refractivity contribution < 1.29 is 14.3 Å². The van der Waals surface area contributed by atoms with Crippen molar-refractivity contribution in [2.45, 2.75) is 31.6 Å². The van der Waals surface area contributed by atoms with Crippen LogP contribution in [-0.4, -0.2) is 60.3 Å². The Morgan fingerprint density at radius 1 is 1.40 bits per heavy atom. The highest BCUT2D eigenvalue weighted by Crippen LogP contribution is 2.47. The molecule has 1 aromatic heterocycles. The highest BCUT2D eigenvalue weighted by Gasteiger charge is 2.49. The smallest absolute Gasteiger partial charge is 0.228 e. The first-order valence-electron chi connectivity index (χ1n) is 8.99. The zero-order valence-corrected chi connectivity index (χ0v) is 15.3. The molecule has 2 amide bonds. The third-order valence-electron chi connectivity index (χ3n) is 5.89. The Bertz CT molecular complexity index is 638. The summed E-state index contributed by atoms with van der Waals surface area (Å²) in [5, 5.41) is 6.98. The number of aryl methyl sites for hydroxylation is 1. The van der Waals surface area contributed by atoms with Crippen LogP contribution in [0.4, 0.5) is 0 Å². The molecule has 138 valence electrons. The van der Waals surface area contributed by atoms with E-state index in [1.165, 1.54) is 0 Å². The van der Waals surface area contributed by atoms with Gasteiger partial charge in [-0.3, -0.25) is 14.3 Å². The number of hydrogen-bond acceptors (Lipinski definition) is 4. The fourth-order valence-electron chi connectivity index (χ4n) is 4.20. The molecule has 2 fully saturated rings. The molecule has 0 radical (unpaired) electrons. The van der Waals surface area contributed by atoms with Gasteiger partial charge in [0, 0.05) is 53.0 Å². The Kier molecular flexibility index (Phi) is 5.13. The molecule has 1 saturated heterocycles. The Morgan fingerprint density at radius 3 is 2.68 bits per heavy atom. The van der Waals surface area contributed by atoms with Crippen molar-refractivity contribution in [3.8, 4) is 0 Å². The molecule has 1 saturated carbocycles. The summed E-state index contributed by atoms with van der Waals surface area (Å²) in [6, 6.07) is 0. The minimum absolute atomic E-state index is 0.00264. The summed E-state index contributed by atoms with van der Waals surface area (Å²) >= 11 is 0. The molecule has 2 atom stereocenters. The number of likely N-dealkylation sites (tertiary alicyclic amines) is 1. The minimum atomic E-state index is -0.285. The molecule has 0 bridgehead atoms. The van der Waals surface area contributed by atoms with Gasteiger partial charge in [0.2, 0.25) is 11.8 Å². The summed E-state index contributed by atoms with van der Waals surface area (Å²) in [4.78, 5) is 27.5. The first kappa shape index (κ1) is 17.9. The van der Waals surface area contributed by atoms with Gasteiger partial charge < -0.3 is 15.0 Å². The number of carbonyl (C=O) groups excluding carboxylic acids is 2. The van der Waals surface area contributed by atoms with Gasteiger partial charge in [0.1, 0.15) is 0 Å². The van der Waals surface area contributed by atoms with Gasteiger partial charge in [0.05, 0.1) is 17.5 Å². The average molecular weight is 348 g/mol. The van der Waals surface area contributed by atoms with Crippen LogP contribution in [0.25, 0.3) is 0 Å². The van der Waals surface area contributed by atoms with Gasteiger partial charge in [-0.1, -0.05) is 6.42 Å². The molecule has 2 aliphatic rings. The summed E-state index contributed by atoms with van der Waals surface area (Å²) in [6.07, 6.45) is 7.45. The van der Waals surface area contributed by atoms with Gasteiger partial charge in [0.25, 0.3) is 0 Å². The average Bonchev–Trinajstić information content (AvgIpc) is 3.19. The van der Waals surface area contributed by atoms with Crippen LogP contribution < -0.4 is 5.32 Å². The van der Waals surface area contributed by atoms with E-state index in [2.05, 4.69) is 10.4 Å². The first-order chi connectivity index (χ1) is 12.0. The molecule has 1 N–H and O–H groups in total. The third kappa shape index (κ3) is 3.29. The molecule has 7 nitrogen and oxygen atoms in total. The van der Waals surface area contributed by atoms with Gasteiger partial charge in [-0.2, -0.15) is 5.10 Å². The van der Waals surface area contributed by atoms with Gasteiger partial charge in [-0.05, 0) is 24.8 Å². The zero-order chi connectivity index (χ0) is 18.0. The number of amides is 2. The molecule has 7 heteroatoms. The lowest BCUT2D eigenvalue weighted by Crippen LogP contribution is -2.48. The van der Waals surface area contributed by atoms with Crippen molar-refractivity contribution in [2.75, 3.05) is 33.9 Å². The fraction of sp³-hybridized carbons (Fsp3) is 0.722. The molecular formula is C18H28N4O3. The number of nitrogens with zero attached hydrogens (tertiary/aromatic N) is 3. The molecule has 1 aromatic rings. The molecule has 0 aromatic carbocycles. The van der Waals surface area contributed by atoms with Gasteiger partial charge in [-0.25, -0.2) is 0 Å². The summed E-state index contributed by atoms with van der Waals surface area (Å²) in [5.74, 6) is -0.0466. The predicted molar refractivity (Wildman–Crippen MR) is 92.9 cm³/mol. The van der Waals surface area contributed by atoms with Crippen LogP contribution in [-0.2, 0) is 21.4 Å². The molecule has 1 aliphatic heterocycles. The Hall–Kier alpha value is -1.89. The van der Waals surface area contributed by atoms with Crippen LogP contribution in [0.15, 0.2) is 12.4 Å². The van der Waals surface area contributed by atoms with E-state index >= 15 is 0 Å². The van der Waals surface area contributed by atoms with Crippen molar-refractivity contribution in [3.63, 3.8) is 0 Å². The van der Waals surface area contributed by atoms with Crippen molar-refractivity contribution in [1.29, 1.82) is 0 Å². The molecule has 1 aliphatic carbocycles. The lowest BCUT2D eigenvalue weighted by atomic mass is 9.66. The van der Waals surface area contributed by atoms with E-state index in [0.29, 0.717) is 19.7 Å². The predicted octanol–water partition coefficient (Wildman–Crippen LogP) is 0.915. The summed E-state index contributed by atoms with van der Waals surface area (Å²) in [7, 11) is 5.19. The fourth-order valence-corrected chi connectivity index (χ4v) is 4.20. The Labute approximate surface area is 148 Å². The number of carbonyl (C=O) groups is 2. The van der Waals surface area contributed by atoms with Crippen LogP contribution >= 0.6 is 0 Å². The normalized spacial score (nSPS) is 24.8. The second kappa shape index (κ2) is 7.15. The summed E-state index contributed by atoms with van der Waals surface area (Å²) in [6.45, 7) is 1.66. The van der Waals surface area contributed by atoms with E-state index in [-0.39, 0.29) is 29.1 Å². The van der Waals surface area contributed by atoms with Gasteiger partial charge in [-0.15, -0.1) is 0 Å². The zero-order valence-electron chi connectivity index (χ0n) is 15.3. The molecular weight excluding hydrogens is 320 g/mol. The number of nitrogens with one attached hydrogen (secondary N) is 1. The lowest BCUT2D eigenvalue weighted by molar-refractivity contribution is -0.148. The van der Waals surface area contributed by atoms with E-state index in [9.17, 15) is 9.59 Å². The first-order valence-corrected chi connectivity index (χ1v) is 8.99. The monoisotopic (exact) mass is 348 g/mol. The summed E-state index contributed by atoms with van der Waals surface area (Å²) < 4.78 is 6.95. The largest absolute Gasteiger partial charge is 0.385 e. The summed E-state index contributed by atoms with van der Waals surface area (Å²) in [5.41, 5.74) is 0.735. The lowest BCUT2D eigenvalue weighted by Gasteiger charge is -2.42. The SMILES string of the molecule is CNC(=O)[C@H]1CN(C(=O)C2(CCOC)CCC2)C[C@@H]1c1cnn(C)c1. The van der Waals surface area contributed by atoms with Crippen molar-refractivity contribution >= 4 is 11.8 Å². The number of rotatable bonds is 6. The third-order valence-corrected chi connectivity index (χ3v) is 5.89. The van der Waals surface area contributed by atoms with Gasteiger partial charge in [0.15, 0.2) is 0 Å². The standard InChI is InChI=1S/C18H28N4O3/c1-19-16(23)15-12-22(11-14(15)13-9-20-21(2)10-13)17(24)18(5-4-6-18)7-8-25-3/h9-10,14-15H,4-8,11-12H2,1-3H3,(H,19,23)/t14-,15+/m1/s1. The molecule has 3 rings (SSSR count). The van der Waals surface area contributed by atoms with Gasteiger partial charge >= 0.3 is 0 Å². The van der Waals surface area contributed by atoms with Crippen molar-refractivity contribution in [2.24, 2.45) is 18.4 Å². The van der Waals surface area contributed by atoms with E-state index < -0.39 is 0 Å². The van der Waals surface area contributed by atoms with E-state index in [0.717, 1.165) is 31.2 Å². The van der Waals surface area contributed by atoms with Crippen LogP contribution in [0.5, 0.6) is 0 Å². The van der Waals surface area contributed by atoms with Crippen LogP contribution in [0.3, 0.4) is 0 Å². The van der Waals surface area contributed by atoms with Crippen LogP contribution in [0.1, 0.15) is 37.2 Å². The van der Waals surface area contributed by atoms with E-state index in [1.807, 2.05) is 18.1 Å². The number of methoxy groups -OCH3 is 1. The maximum Gasteiger partial charge on any atom is 0.228 e. The van der Waals surface area contributed by atoms with Crippen LogP contribution in [0, 0.1) is 11.3 Å². The number of aromatic nitrogens is 2. The molecule has 0 unspecified atom stereocenters. The van der Waals surface area contributed by atoms with Crippen LogP contribution in [0.2, 0.25) is 0 Å².